The van der Waals surface area contributed by atoms with Gasteiger partial charge in [0.25, 0.3) is 0 Å². The number of nitrogens with two attached hydrogens (primary N) is 1. The van der Waals surface area contributed by atoms with E-state index in [2.05, 4.69) is 5.32 Å². The van der Waals surface area contributed by atoms with Crippen molar-refractivity contribution in [3.8, 4) is 0 Å². The molecule has 2 aromatic rings. The molecule has 6 heteroatoms. The Morgan fingerprint density at radius 1 is 1.05 bits per heavy atom. The van der Waals surface area contributed by atoms with E-state index in [4.69, 9.17) is 17.3 Å². The van der Waals surface area contributed by atoms with E-state index in [0.717, 1.165) is 6.07 Å². The monoisotopic (exact) mass is 314 g/mol. The summed E-state index contributed by atoms with van der Waals surface area (Å²) >= 11 is 6.02. The Kier molecular flexibility index (Phi) is 4.75. The number of halogens is 4. The second-order valence-corrected chi connectivity index (χ2v) is 4.90. The number of nitrogens with one attached hydrogen (secondary N) is 1. The van der Waals surface area contributed by atoms with Gasteiger partial charge in [-0.15, -0.1) is 0 Å². The first-order valence-electron chi connectivity index (χ1n) is 6.30. The summed E-state index contributed by atoms with van der Waals surface area (Å²) in [6.07, 6.45) is -4.42. The molecule has 0 saturated heterocycles. The predicted molar refractivity (Wildman–Crippen MR) is 78.3 cm³/mol. The van der Waals surface area contributed by atoms with Crippen LogP contribution in [0.3, 0.4) is 0 Å². The third-order valence-electron chi connectivity index (χ3n) is 3.08. The average Bonchev–Trinajstić information content (AvgIpc) is 2.45. The van der Waals surface area contributed by atoms with Crippen molar-refractivity contribution >= 4 is 17.3 Å². The van der Waals surface area contributed by atoms with Gasteiger partial charge in [0.05, 0.1) is 22.3 Å². The van der Waals surface area contributed by atoms with Gasteiger partial charge in [-0.1, -0.05) is 41.9 Å². The van der Waals surface area contributed by atoms with E-state index in [1.165, 1.54) is 12.1 Å². The maximum absolute atomic E-state index is 13.1. The number of para-hydroxylation sites is 1. The van der Waals surface area contributed by atoms with Gasteiger partial charge in [0.15, 0.2) is 0 Å². The molecule has 0 amide bonds. The van der Waals surface area contributed by atoms with Crippen molar-refractivity contribution in [2.75, 3.05) is 11.9 Å². The normalized spacial score (nSPS) is 13.0. The Morgan fingerprint density at radius 2 is 1.67 bits per heavy atom. The minimum Gasteiger partial charge on any atom is -0.376 e. The molecule has 0 saturated carbocycles. The molecule has 2 aromatic carbocycles. The highest BCUT2D eigenvalue weighted by atomic mass is 35.5. The van der Waals surface area contributed by atoms with Crippen molar-refractivity contribution in [1.29, 1.82) is 0 Å². The van der Waals surface area contributed by atoms with Gasteiger partial charge in [-0.05, 0) is 23.8 Å². The second kappa shape index (κ2) is 6.37. The van der Waals surface area contributed by atoms with Crippen molar-refractivity contribution in [2.45, 2.75) is 12.2 Å². The van der Waals surface area contributed by atoms with E-state index in [0.29, 0.717) is 10.7 Å². The van der Waals surface area contributed by atoms with Crippen LogP contribution in [0.1, 0.15) is 17.2 Å². The molecule has 0 fully saturated rings. The van der Waals surface area contributed by atoms with Crippen LogP contribution < -0.4 is 11.1 Å². The molecule has 21 heavy (non-hydrogen) atoms. The molecule has 112 valence electrons. The molecular weight excluding hydrogens is 301 g/mol. The standard InChI is InChI=1S/C15H14ClF3N2/c16-12-7-3-4-8-13(12)21-14(9-20)10-5-1-2-6-11(10)15(17,18)19/h1-8,14,21H,9,20H2. The number of hydrogen-bond donors (Lipinski definition) is 2. The minimum absolute atomic E-state index is 0.0122. The third kappa shape index (κ3) is 3.68. The lowest BCUT2D eigenvalue weighted by atomic mass is 9.99. The van der Waals surface area contributed by atoms with E-state index < -0.39 is 17.8 Å². The molecular formula is C15H14ClF3N2. The second-order valence-electron chi connectivity index (χ2n) is 4.50. The Balaban J connectivity index is 2.37. The first-order chi connectivity index (χ1) is 9.93. The number of anilines is 1. The lowest BCUT2D eigenvalue weighted by molar-refractivity contribution is -0.138. The fourth-order valence-corrected chi connectivity index (χ4v) is 2.28. The number of benzene rings is 2. The van der Waals surface area contributed by atoms with E-state index in [9.17, 15) is 13.2 Å². The van der Waals surface area contributed by atoms with Gasteiger partial charge in [-0.3, -0.25) is 0 Å². The molecule has 0 aromatic heterocycles. The quantitative estimate of drug-likeness (QED) is 0.873. The Bertz CT molecular complexity index is 614. The lowest BCUT2D eigenvalue weighted by Gasteiger charge is -2.23. The predicted octanol–water partition coefficient (Wildman–Crippen LogP) is 4.47. The van der Waals surface area contributed by atoms with Gasteiger partial charge in [0.2, 0.25) is 0 Å². The smallest absolute Gasteiger partial charge is 0.376 e. The summed E-state index contributed by atoms with van der Waals surface area (Å²) in [4.78, 5) is 0. The van der Waals surface area contributed by atoms with Crippen molar-refractivity contribution in [3.63, 3.8) is 0 Å². The van der Waals surface area contributed by atoms with Crippen LogP contribution in [-0.4, -0.2) is 6.54 Å². The van der Waals surface area contributed by atoms with Crippen LogP contribution in [0.25, 0.3) is 0 Å². The molecule has 0 bridgehead atoms. The van der Waals surface area contributed by atoms with Gasteiger partial charge >= 0.3 is 6.18 Å². The Morgan fingerprint density at radius 3 is 2.29 bits per heavy atom. The zero-order valence-electron chi connectivity index (χ0n) is 11.0. The molecule has 1 unspecified atom stereocenters. The number of rotatable bonds is 4. The van der Waals surface area contributed by atoms with Crippen LogP contribution >= 0.6 is 11.6 Å². The summed E-state index contributed by atoms with van der Waals surface area (Å²) in [7, 11) is 0. The molecule has 1 atom stereocenters. The fraction of sp³-hybridized carbons (Fsp3) is 0.200. The van der Waals surface area contributed by atoms with Gasteiger partial charge in [0.1, 0.15) is 0 Å². The SMILES string of the molecule is NCC(Nc1ccccc1Cl)c1ccccc1C(F)(F)F. The highest BCUT2D eigenvalue weighted by Gasteiger charge is 2.34. The van der Waals surface area contributed by atoms with Crippen LogP contribution in [0.5, 0.6) is 0 Å². The van der Waals surface area contributed by atoms with E-state index in [-0.39, 0.29) is 12.1 Å². The largest absolute Gasteiger partial charge is 0.416 e. The van der Waals surface area contributed by atoms with E-state index >= 15 is 0 Å². The average molecular weight is 315 g/mol. The minimum atomic E-state index is -4.42. The maximum Gasteiger partial charge on any atom is 0.416 e. The lowest BCUT2D eigenvalue weighted by Crippen LogP contribution is -2.24. The van der Waals surface area contributed by atoms with Crippen molar-refractivity contribution in [3.05, 3.63) is 64.7 Å². The summed E-state index contributed by atoms with van der Waals surface area (Å²) in [6.45, 7) is 0.0122. The van der Waals surface area contributed by atoms with Crippen molar-refractivity contribution in [2.24, 2.45) is 5.73 Å². The van der Waals surface area contributed by atoms with Crippen LogP contribution in [-0.2, 0) is 6.18 Å². The summed E-state index contributed by atoms with van der Waals surface area (Å²) in [5.74, 6) is 0. The molecule has 0 radical (unpaired) electrons. The molecule has 2 rings (SSSR count). The van der Waals surface area contributed by atoms with Gasteiger partial charge < -0.3 is 11.1 Å². The van der Waals surface area contributed by atoms with Crippen LogP contribution in [0.4, 0.5) is 18.9 Å². The summed E-state index contributed by atoms with van der Waals surface area (Å²) < 4.78 is 39.2. The number of alkyl halides is 3. The molecule has 0 spiro atoms. The summed E-state index contributed by atoms with van der Waals surface area (Å²) in [6, 6.07) is 11.6. The highest BCUT2D eigenvalue weighted by Crippen LogP contribution is 2.35. The van der Waals surface area contributed by atoms with E-state index in [1.807, 2.05) is 0 Å². The van der Waals surface area contributed by atoms with E-state index in [1.54, 1.807) is 30.3 Å². The third-order valence-corrected chi connectivity index (χ3v) is 3.41. The topological polar surface area (TPSA) is 38.0 Å². The zero-order valence-corrected chi connectivity index (χ0v) is 11.7. The van der Waals surface area contributed by atoms with Crippen LogP contribution in [0.15, 0.2) is 48.5 Å². The maximum atomic E-state index is 13.1. The number of hydrogen-bond acceptors (Lipinski definition) is 2. The molecule has 0 aliphatic heterocycles. The van der Waals surface area contributed by atoms with Crippen LogP contribution in [0, 0.1) is 0 Å². The first kappa shape index (κ1) is 15.7. The van der Waals surface area contributed by atoms with Gasteiger partial charge in [-0.2, -0.15) is 13.2 Å². The van der Waals surface area contributed by atoms with Crippen molar-refractivity contribution < 1.29 is 13.2 Å². The van der Waals surface area contributed by atoms with Crippen LogP contribution in [0.2, 0.25) is 5.02 Å². The van der Waals surface area contributed by atoms with Gasteiger partial charge in [-0.25, -0.2) is 0 Å². The summed E-state index contributed by atoms with van der Waals surface area (Å²) in [5, 5.41) is 3.40. The molecule has 2 nitrogen and oxygen atoms in total. The zero-order chi connectivity index (χ0) is 15.5. The van der Waals surface area contributed by atoms with Gasteiger partial charge in [0, 0.05) is 6.54 Å². The molecule has 0 aliphatic carbocycles. The highest BCUT2D eigenvalue weighted by molar-refractivity contribution is 6.33. The fourth-order valence-electron chi connectivity index (χ4n) is 2.09. The first-order valence-corrected chi connectivity index (χ1v) is 6.68. The van der Waals surface area contributed by atoms with Crippen molar-refractivity contribution in [1.82, 2.24) is 0 Å². The summed E-state index contributed by atoms with van der Waals surface area (Å²) in [5.41, 5.74) is 5.60. The molecule has 0 heterocycles. The Labute approximate surface area is 125 Å². The molecule has 3 N–H and O–H groups in total. The Hall–Kier alpha value is -1.72. The molecule has 0 aliphatic rings.